The fourth-order valence-corrected chi connectivity index (χ4v) is 4.96. The van der Waals surface area contributed by atoms with Gasteiger partial charge in [-0.15, -0.1) is 0 Å². The van der Waals surface area contributed by atoms with E-state index in [4.69, 9.17) is 9.47 Å². The number of benzene rings is 3. The van der Waals surface area contributed by atoms with Crippen molar-refractivity contribution < 1.29 is 22.7 Å². The molecule has 186 valence electrons. The minimum Gasteiger partial charge on any atom is -0.497 e. The number of sulfonamides is 1. The molecule has 0 aliphatic heterocycles. The highest BCUT2D eigenvalue weighted by Gasteiger charge is 2.27. The maximum atomic E-state index is 13.4. The van der Waals surface area contributed by atoms with Gasteiger partial charge in [0.15, 0.2) is 0 Å². The van der Waals surface area contributed by atoms with Gasteiger partial charge in [-0.05, 0) is 80.8 Å². The molecule has 0 aliphatic rings. The van der Waals surface area contributed by atoms with Gasteiger partial charge >= 0.3 is 0 Å². The van der Waals surface area contributed by atoms with Crippen LogP contribution in [0.2, 0.25) is 0 Å². The Bertz CT molecular complexity index is 1200. The Morgan fingerprint density at radius 2 is 1.66 bits per heavy atom. The van der Waals surface area contributed by atoms with Crippen LogP contribution in [0.5, 0.6) is 11.5 Å². The van der Waals surface area contributed by atoms with E-state index in [1.54, 1.807) is 42.5 Å². The Balaban J connectivity index is 1.63. The lowest BCUT2D eigenvalue weighted by Gasteiger charge is -2.24. The highest BCUT2D eigenvalue weighted by atomic mass is 32.2. The molecule has 8 heteroatoms. The summed E-state index contributed by atoms with van der Waals surface area (Å²) in [6, 6.07) is 22.6. The van der Waals surface area contributed by atoms with Crippen LogP contribution in [-0.4, -0.2) is 40.6 Å². The van der Waals surface area contributed by atoms with Crippen molar-refractivity contribution in [2.75, 3.05) is 24.5 Å². The number of hydrogen-bond acceptors (Lipinski definition) is 5. The third-order valence-corrected chi connectivity index (χ3v) is 7.00. The van der Waals surface area contributed by atoms with Gasteiger partial charge in [0, 0.05) is 6.54 Å². The summed E-state index contributed by atoms with van der Waals surface area (Å²) in [5.74, 6) is 1.00. The maximum Gasteiger partial charge on any atom is 0.264 e. The van der Waals surface area contributed by atoms with E-state index < -0.39 is 10.0 Å². The van der Waals surface area contributed by atoms with Gasteiger partial charge in [-0.2, -0.15) is 0 Å². The molecule has 0 saturated carbocycles. The third-order valence-electron chi connectivity index (χ3n) is 5.21. The summed E-state index contributed by atoms with van der Waals surface area (Å²) in [6.07, 6.45) is 1.58. The van der Waals surface area contributed by atoms with E-state index in [-0.39, 0.29) is 23.5 Å². The summed E-state index contributed by atoms with van der Waals surface area (Å²) in [7, 11) is -2.45. The van der Waals surface area contributed by atoms with Gasteiger partial charge in [0.2, 0.25) is 5.91 Å². The number of ether oxygens (including phenoxy) is 2. The second-order valence-corrected chi connectivity index (χ2v) is 10.2. The molecule has 0 aliphatic carbocycles. The molecule has 1 N–H and O–H groups in total. The average molecular weight is 497 g/mol. The summed E-state index contributed by atoms with van der Waals surface area (Å²) in [5.41, 5.74) is 1.53. The number of methoxy groups -OCH3 is 1. The first-order chi connectivity index (χ1) is 16.8. The van der Waals surface area contributed by atoms with Crippen LogP contribution in [-0.2, 0) is 21.2 Å². The minimum atomic E-state index is -3.96. The van der Waals surface area contributed by atoms with Crippen LogP contribution in [0, 0.1) is 0 Å². The number of nitrogens with one attached hydrogen (secondary N) is 1. The largest absolute Gasteiger partial charge is 0.497 e. The molecule has 0 fully saturated rings. The fourth-order valence-electron chi connectivity index (χ4n) is 3.54. The summed E-state index contributed by atoms with van der Waals surface area (Å²) in [4.78, 5) is 12.8. The molecule has 0 spiro atoms. The normalized spacial score (nSPS) is 11.2. The van der Waals surface area contributed by atoms with Gasteiger partial charge in [-0.3, -0.25) is 9.10 Å². The molecule has 1 amide bonds. The molecule has 7 nitrogen and oxygen atoms in total. The first-order valence-electron chi connectivity index (χ1n) is 11.5. The third kappa shape index (κ3) is 7.48. The van der Waals surface area contributed by atoms with Crippen LogP contribution < -0.4 is 19.1 Å². The van der Waals surface area contributed by atoms with E-state index in [1.165, 1.54) is 19.2 Å². The Hall–Kier alpha value is -3.52. The van der Waals surface area contributed by atoms with E-state index in [0.29, 0.717) is 24.4 Å². The number of aryl methyl sites for hydroxylation is 1. The number of anilines is 1. The summed E-state index contributed by atoms with van der Waals surface area (Å²) < 4.78 is 38.7. The van der Waals surface area contributed by atoms with Gasteiger partial charge in [0.25, 0.3) is 10.0 Å². The van der Waals surface area contributed by atoms with E-state index in [9.17, 15) is 13.2 Å². The number of carbonyl (C=O) groups excluding carboxylic acids is 1. The molecular weight excluding hydrogens is 464 g/mol. The van der Waals surface area contributed by atoms with Crippen LogP contribution in [0.25, 0.3) is 0 Å². The quantitative estimate of drug-likeness (QED) is 0.375. The van der Waals surface area contributed by atoms with E-state index in [2.05, 4.69) is 5.32 Å². The van der Waals surface area contributed by atoms with E-state index >= 15 is 0 Å². The standard InChI is InChI=1S/C27H32N2O5S/c1-21(2)34-25-13-7-9-22(19-25)10-8-18-28-27(30)20-29(23-11-5-4-6-12-23)35(31,32)26-16-14-24(33-3)15-17-26/h4-7,9,11-17,19,21H,8,10,18,20H2,1-3H3,(H,28,30). The van der Waals surface area contributed by atoms with Gasteiger partial charge in [0.05, 0.1) is 23.8 Å². The number of nitrogens with zero attached hydrogens (tertiary/aromatic N) is 1. The molecule has 0 heterocycles. The maximum absolute atomic E-state index is 13.4. The van der Waals surface area contributed by atoms with Crippen LogP contribution >= 0.6 is 0 Å². The van der Waals surface area contributed by atoms with Crippen LogP contribution in [0.4, 0.5) is 5.69 Å². The second-order valence-electron chi connectivity index (χ2n) is 8.29. The molecule has 0 radical (unpaired) electrons. The minimum absolute atomic E-state index is 0.0819. The molecule has 3 aromatic carbocycles. The monoisotopic (exact) mass is 496 g/mol. The number of carbonyl (C=O) groups is 1. The molecule has 0 bridgehead atoms. The van der Waals surface area contributed by atoms with Gasteiger partial charge in [0.1, 0.15) is 18.0 Å². The number of hydrogen-bond donors (Lipinski definition) is 1. The Morgan fingerprint density at radius 3 is 2.31 bits per heavy atom. The zero-order valence-electron chi connectivity index (χ0n) is 20.3. The highest BCUT2D eigenvalue weighted by molar-refractivity contribution is 7.92. The molecule has 35 heavy (non-hydrogen) atoms. The van der Waals surface area contributed by atoms with E-state index in [1.807, 2.05) is 38.1 Å². The van der Waals surface area contributed by atoms with Gasteiger partial charge in [-0.1, -0.05) is 30.3 Å². The van der Waals surface area contributed by atoms with Crippen molar-refractivity contribution in [3.63, 3.8) is 0 Å². The number of amides is 1. The van der Waals surface area contributed by atoms with Gasteiger partial charge in [-0.25, -0.2) is 8.42 Å². The Kier molecular flexibility index (Phi) is 9.14. The Labute approximate surface area is 207 Å². The molecule has 0 atom stereocenters. The van der Waals surface area contributed by atoms with Crippen molar-refractivity contribution in [3.05, 3.63) is 84.4 Å². The van der Waals surface area contributed by atoms with Crippen molar-refractivity contribution in [3.8, 4) is 11.5 Å². The Morgan fingerprint density at radius 1 is 0.943 bits per heavy atom. The van der Waals surface area contributed by atoms with Crippen molar-refractivity contribution in [2.45, 2.75) is 37.7 Å². The lowest BCUT2D eigenvalue weighted by Crippen LogP contribution is -2.41. The van der Waals surface area contributed by atoms with Crippen molar-refractivity contribution in [1.29, 1.82) is 0 Å². The van der Waals surface area contributed by atoms with Gasteiger partial charge < -0.3 is 14.8 Å². The molecular formula is C27H32N2O5S. The highest BCUT2D eigenvalue weighted by Crippen LogP contribution is 2.25. The lowest BCUT2D eigenvalue weighted by atomic mass is 10.1. The SMILES string of the molecule is COc1ccc(S(=O)(=O)N(CC(=O)NCCCc2cccc(OC(C)C)c2)c2ccccc2)cc1. The molecule has 0 unspecified atom stereocenters. The molecule has 0 saturated heterocycles. The van der Waals surface area contributed by atoms with E-state index in [0.717, 1.165) is 22.0 Å². The summed E-state index contributed by atoms with van der Waals surface area (Å²) >= 11 is 0. The van der Waals surface area contributed by atoms with Crippen LogP contribution in [0.1, 0.15) is 25.8 Å². The molecule has 3 rings (SSSR count). The van der Waals surface area contributed by atoms with Crippen molar-refractivity contribution in [1.82, 2.24) is 5.32 Å². The topological polar surface area (TPSA) is 84.9 Å². The molecule has 3 aromatic rings. The number of para-hydroxylation sites is 1. The zero-order chi connectivity index (χ0) is 25.3. The number of rotatable bonds is 12. The first-order valence-corrected chi connectivity index (χ1v) is 13.0. The average Bonchev–Trinajstić information content (AvgIpc) is 2.85. The first kappa shape index (κ1) is 26.1. The predicted octanol–water partition coefficient (Wildman–Crippen LogP) is 4.43. The lowest BCUT2D eigenvalue weighted by molar-refractivity contribution is -0.119. The summed E-state index contributed by atoms with van der Waals surface area (Å²) in [5, 5.41) is 2.85. The fraction of sp³-hybridized carbons (Fsp3) is 0.296. The van der Waals surface area contributed by atoms with Crippen molar-refractivity contribution in [2.24, 2.45) is 0 Å². The smallest absolute Gasteiger partial charge is 0.264 e. The molecule has 0 aromatic heterocycles. The summed E-state index contributed by atoms with van der Waals surface area (Å²) in [6.45, 7) is 4.07. The van der Waals surface area contributed by atoms with Crippen molar-refractivity contribution >= 4 is 21.6 Å². The van der Waals surface area contributed by atoms with Crippen LogP contribution in [0.15, 0.2) is 83.8 Å². The zero-order valence-corrected chi connectivity index (χ0v) is 21.1. The second kappa shape index (κ2) is 12.3. The predicted molar refractivity (Wildman–Crippen MR) is 138 cm³/mol. The van der Waals surface area contributed by atoms with Crippen LogP contribution in [0.3, 0.4) is 0 Å².